The third-order valence-electron chi connectivity index (χ3n) is 5.31. The first-order valence-electron chi connectivity index (χ1n) is 9.61. The minimum Gasteiger partial charge on any atom is -0.465 e. The highest BCUT2D eigenvalue weighted by Gasteiger charge is 2.32. The Bertz CT molecular complexity index is 813. The van der Waals surface area contributed by atoms with Crippen LogP contribution in [0.15, 0.2) is 29.2 Å². The molecule has 1 aromatic carbocycles. The van der Waals surface area contributed by atoms with Crippen molar-refractivity contribution in [2.24, 2.45) is 0 Å². The maximum atomic E-state index is 13.0. The van der Waals surface area contributed by atoms with E-state index in [0.29, 0.717) is 19.6 Å². The van der Waals surface area contributed by atoms with Gasteiger partial charge in [-0.05, 0) is 31.4 Å². The summed E-state index contributed by atoms with van der Waals surface area (Å²) in [5.41, 5.74) is 0.0349. The Morgan fingerprint density at radius 3 is 2.25 bits per heavy atom. The highest BCUT2D eigenvalue weighted by atomic mass is 32.2. The van der Waals surface area contributed by atoms with Crippen LogP contribution in [0.25, 0.3) is 0 Å². The molecule has 3 rings (SSSR count). The van der Waals surface area contributed by atoms with Gasteiger partial charge < -0.3 is 9.64 Å². The lowest BCUT2D eigenvalue weighted by atomic mass is 10.1. The summed E-state index contributed by atoms with van der Waals surface area (Å²) >= 11 is 0. The van der Waals surface area contributed by atoms with Crippen LogP contribution >= 0.6 is 0 Å². The number of carbonyl (C=O) groups excluding carboxylic acids is 2. The number of benzene rings is 1. The van der Waals surface area contributed by atoms with E-state index in [1.807, 2.05) is 9.80 Å². The average molecular weight is 410 g/mol. The number of piperidine rings is 1. The molecule has 2 aliphatic heterocycles. The SMILES string of the molecule is COC(=O)c1ccccc1S(=O)(=O)N1CCN(CC(=O)N2CCCCC2)CC1. The molecule has 154 valence electrons. The van der Waals surface area contributed by atoms with Gasteiger partial charge in [-0.3, -0.25) is 9.69 Å². The van der Waals surface area contributed by atoms with Gasteiger partial charge in [0, 0.05) is 39.3 Å². The fourth-order valence-electron chi connectivity index (χ4n) is 3.67. The highest BCUT2D eigenvalue weighted by Crippen LogP contribution is 2.22. The Labute approximate surface area is 166 Å². The van der Waals surface area contributed by atoms with Gasteiger partial charge in [0.25, 0.3) is 0 Å². The fourth-order valence-corrected chi connectivity index (χ4v) is 5.27. The zero-order valence-electron chi connectivity index (χ0n) is 16.2. The van der Waals surface area contributed by atoms with E-state index in [-0.39, 0.29) is 29.5 Å². The molecule has 2 saturated heterocycles. The molecule has 0 N–H and O–H groups in total. The van der Waals surface area contributed by atoms with Gasteiger partial charge in [0.05, 0.1) is 24.1 Å². The molecule has 0 atom stereocenters. The zero-order valence-corrected chi connectivity index (χ0v) is 17.0. The molecule has 0 aromatic heterocycles. The number of likely N-dealkylation sites (tertiary alicyclic amines) is 1. The van der Waals surface area contributed by atoms with Crippen molar-refractivity contribution in [1.29, 1.82) is 0 Å². The lowest BCUT2D eigenvalue weighted by molar-refractivity contribution is -0.133. The Morgan fingerprint density at radius 1 is 0.964 bits per heavy atom. The Hall–Kier alpha value is -1.97. The van der Waals surface area contributed by atoms with E-state index in [9.17, 15) is 18.0 Å². The van der Waals surface area contributed by atoms with Crippen molar-refractivity contribution in [2.45, 2.75) is 24.2 Å². The average Bonchev–Trinajstić information content (AvgIpc) is 2.74. The van der Waals surface area contributed by atoms with Gasteiger partial charge >= 0.3 is 5.97 Å². The van der Waals surface area contributed by atoms with Crippen molar-refractivity contribution < 1.29 is 22.7 Å². The molecule has 1 amide bonds. The zero-order chi connectivity index (χ0) is 20.1. The van der Waals surface area contributed by atoms with Gasteiger partial charge in [0.2, 0.25) is 15.9 Å². The lowest BCUT2D eigenvalue weighted by Crippen LogP contribution is -2.52. The number of methoxy groups -OCH3 is 1. The van der Waals surface area contributed by atoms with E-state index in [1.54, 1.807) is 12.1 Å². The molecule has 0 spiro atoms. The quantitative estimate of drug-likeness (QED) is 0.669. The number of nitrogens with zero attached hydrogens (tertiary/aromatic N) is 3. The Balaban J connectivity index is 1.63. The smallest absolute Gasteiger partial charge is 0.339 e. The third-order valence-corrected chi connectivity index (χ3v) is 7.27. The Morgan fingerprint density at radius 2 is 1.61 bits per heavy atom. The molecule has 8 nitrogen and oxygen atoms in total. The topological polar surface area (TPSA) is 87.2 Å². The molecule has 2 heterocycles. The van der Waals surface area contributed by atoms with Gasteiger partial charge in [-0.1, -0.05) is 12.1 Å². The predicted octanol–water partition coefficient (Wildman–Crippen LogP) is 0.792. The first-order valence-corrected chi connectivity index (χ1v) is 11.0. The molecule has 0 aliphatic carbocycles. The first-order chi connectivity index (χ1) is 13.4. The molecule has 2 fully saturated rings. The van der Waals surface area contributed by atoms with E-state index in [0.717, 1.165) is 25.9 Å². The lowest BCUT2D eigenvalue weighted by Gasteiger charge is -2.35. The summed E-state index contributed by atoms with van der Waals surface area (Å²) in [6, 6.07) is 6.07. The normalized spacial score (nSPS) is 19.4. The molecule has 0 saturated carbocycles. The van der Waals surface area contributed by atoms with Crippen LogP contribution in [-0.2, 0) is 19.6 Å². The summed E-state index contributed by atoms with van der Waals surface area (Å²) in [6.45, 7) is 3.50. The number of esters is 1. The van der Waals surface area contributed by atoms with E-state index in [1.165, 1.54) is 30.0 Å². The van der Waals surface area contributed by atoms with E-state index >= 15 is 0 Å². The van der Waals surface area contributed by atoms with Crippen LogP contribution in [0.1, 0.15) is 29.6 Å². The standard InChI is InChI=1S/C19H27N3O5S/c1-27-19(24)16-7-3-4-8-17(16)28(25,26)22-13-11-20(12-14-22)15-18(23)21-9-5-2-6-10-21/h3-4,7-8H,2,5-6,9-15H2,1H3. The number of hydrogen-bond acceptors (Lipinski definition) is 6. The molecule has 0 unspecified atom stereocenters. The minimum absolute atomic E-state index is 0.0349. The molecule has 28 heavy (non-hydrogen) atoms. The van der Waals surface area contributed by atoms with Crippen LogP contribution in [0, 0.1) is 0 Å². The maximum absolute atomic E-state index is 13.0. The molecular weight excluding hydrogens is 382 g/mol. The third kappa shape index (κ3) is 4.53. The summed E-state index contributed by atoms with van der Waals surface area (Å²) in [7, 11) is -2.58. The number of amides is 1. The summed E-state index contributed by atoms with van der Waals surface area (Å²) in [5.74, 6) is -0.558. The van der Waals surface area contributed by atoms with Crippen molar-refractivity contribution in [2.75, 3.05) is 52.9 Å². The van der Waals surface area contributed by atoms with Gasteiger partial charge in [-0.25, -0.2) is 13.2 Å². The number of hydrogen-bond donors (Lipinski definition) is 0. The molecule has 0 radical (unpaired) electrons. The predicted molar refractivity (Wildman–Crippen MR) is 103 cm³/mol. The largest absolute Gasteiger partial charge is 0.465 e. The van der Waals surface area contributed by atoms with Crippen LogP contribution in [0.3, 0.4) is 0 Å². The monoisotopic (exact) mass is 409 g/mol. The van der Waals surface area contributed by atoms with Crippen LogP contribution in [0.2, 0.25) is 0 Å². The first kappa shape index (κ1) is 20.8. The van der Waals surface area contributed by atoms with Gasteiger partial charge in [0.1, 0.15) is 0 Å². The summed E-state index contributed by atoms with van der Waals surface area (Å²) in [6.07, 6.45) is 3.28. The summed E-state index contributed by atoms with van der Waals surface area (Å²) < 4.78 is 32.1. The number of piperazine rings is 1. The number of carbonyl (C=O) groups is 2. The number of sulfonamides is 1. The van der Waals surface area contributed by atoms with Crippen molar-refractivity contribution in [3.05, 3.63) is 29.8 Å². The van der Waals surface area contributed by atoms with Crippen LogP contribution in [0.4, 0.5) is 0 Å². The van der Waals surface area contributed by atoms with Crippen molar-refractivity contribution in [3.63, 3.8) is 0 Å². The van der Waals surface area contributed by atoms with E-state index < -0.39 is 16.0 Å². The van der Waals surface area contributed by atoms with E-state index in [4.69, 9.17) is 4.74 Å². The van der Waals surface area contributed by atoms with Crippen LogP contribution in [-0.4, -0.2) is 87.3 Å². The van der Waals surface area contributed by atoms with E-state index in [2.05, 4.69) is 0 Å². The van der Waals surface area contributed by atoms with Crippen molar-refractivity contribution >= 4 is 21.9 Å². The van der Waals surface area contributed by atoms with Crippen molar-refractivity contribution in [3.8, 4) is 0 Å². The molecule has 1 aromatic rings. The van der Waals surface area contributed by atoms with Crippen LogP contribution < -0.4 is 0 Å². The second-order valence-corrected chi connectivity index (χ2v) is 9.02. The minimum atomic E-state index is -3.81. The maximum Gasteiger partial charge on any atom is 0.339 e. The molecular formula is C19H27N3O5S. The second-order valence-electron chi connectivity index (χ2n) is 7.11. The van der Waals surface area contributed by atoms with Crippen LogP contribution in [0.5, 0.6) is 0 Å². The summed E-state index contributed by atoms with van der Waals surface area (Å²) in [4.78, 5) is 28.2. The Kier molecular flexibility index (Phi) is 6.69. The number of ether oxygens (including phenoxy) is 1. The second kappa shape index (κ2) is 9.02. The molecule has 9 heteroatoms. The van der Waals surface area contributed by atoms with Gasteiger partial charge in [0.15, 0.2) is 0 Å². The molecule has 2 aliphatic rings. The van der Waals surface area contributed by atoms with Gasteiger partial charge in [-0.2, -0.15) is 4.31 Å². The fraction of sp³-hybridized carbons (Fsp3) is 0.579. The van der Waals surface area contributed by atoms with Crippen molar-refractivity contribution in [1.82, 2.24) is 14.1 Å². The molecule has 0 bridgehead atoms. The highest BCUT2D eigenvalue weighted by molar-refractivity contribution is 7.89. The van der Waals surface area contributed by atoms with Gasteiger partial charge in [-0.15, -0.1) is 0 Å². The summed E-state index contributed by atoms with van der Waals surface area (Å²) in [5, 5.41) is 0. The number of rotatable bonds is 5.